The molecule has 6 nitrogen and oxygen atoms in total. The molecule has 0 bridgehead atoms. The number of benzene rings is 1. The number of nitrogens with zero attached hydrogens (tertiary/aromatic N) is 5. The van der Waals surface area contributed by atoms with Crippen LogP contribution in [0.3, 0.4) is 0 Å². The van der Waals surface area contributed by atoms with E-state index in [1.165, 1.54) is 11.3 Å². The van der Waals surface area contributed by atoms with Crippen molar-refractivity contribution >= 4 is 27.9 Å². The Hall–Kier alpha value is -1.67. The van der Waals surface area contributed by atoms with Crippen LogP contribution in [0, 0.1) is 0 Å². The van der Waals surface area contributed by atoms with Crippen molar-refractivity contribution in [2.45, 2.75) is 26.3 Å². The molecule has 1 aliphatic rings. The van der Waals surface area contributed by atoms with Gasteiger partial charge in [0.05, 0.1) is 10.9 Å². The number of piperazine rings is 1. The first-order valence-electron chi connectivity index (χ1n) is 9.39. The molecule has 0 spiro atoms. The van der Waals surface area contributed by atoms with Gasteiger partial charge in [-0.1, -0.05) is 48.9 Å². The van der Waals surface area contributed by atoms with E-state index in [-0.39, 0.29) is 11.9 Å². The summed E-state index contributed by atoms with van der Waals surface area (Å²) < 4.78 is 1.57. The van der Waals surface area contributed by atoms with Gasteiger partial charge in [-0.25, -0.2) is 4.98 Å². The van der Waals surface area contributed by atoms with Gasteiger partial charge < -0.3 is 10.0 Å². The highest BCUT2D eigenvalue weighted by molar-refractivity contribution is 7.17. The van der Waals surface area contributed by atoms with Gasteiger partial charge in [0, 0.05) is 37.6 Å². The van der Waals surface area contributed by atoms with Gasteiger partial charge in [-0.15, -0.1) is 5.10 Å². The molecule has 0 amide bonds. The van der Waals surface area contributed by atoms with E-state index in [2.05, 4.69) is 32.9 Å². The topological polar surface area (TPSA) is 56.9 Å². The van der Waals surface area contributed by atoms with Gasteiger partial charge in [0.1, 0.15) is 0 Å². The molecule has 0 radical (unpaired) electrons. The zero-order valence-electron chi connectivity index (χ0n) is 15.6. The van der Waals surface area contributed by atoms with Crippen LogP contribution in [-0.4, -0.2) is 62.2 Å². The number of thiazole rings is 1. The van der Waals surface area contributed by atoms with E-state index in [9.17, 15) is 5.11 Å². The maximum Gasteiger partial charge on any atom is 0.230 e. The molecule has 1 aromatic carbocycles. The largest absolute Gasteiger partial charge is 0.492 e. The van der Waals surface area contributed by atoms with Crippen LogP contribution in [0.25, 0.3) is 4.96 Å². The molecule has 144 valence electrons. The summed E-state index contributed by atoms with van der Waals surface area (Å²) in [4.78, 5) is 11.0. The third-order valence-corrected chi connectivity index (χ3v) is 6.50. The lowest BCUT2D eigenvalue weighted by atomic mass is 10.0. The lowest BCUT2D eigenvalue weighted by molar-refractivity contribution is 0.113. The maximum absolute atomic E-state index is 10.9. The quantitative estimate of drug-likeness (QED) is 0.704. The summed E-state index contributed by atoms with van der Waals surface area (Å²) in [5.74, 6) is 0.934. The Bertz CT molecular complexity index is 931. The molecule has 1 aliphatic heterocycles. The molecule has 27 heavy (non-hydrogen) atoms. The Labute approximate surface area is 168 Å². The van der Waals surface area contributed by atoms with Crippen LogP contribution in [0.1, 0.15) is 36.2 Å². The fraction of sp³-hybridized carbons (Fsp3) is 0.474. The van der Waals surface area contributed by atoms with Crippen molar-refractivity contribution in [1.29, 1.82) is 0 Å². The van der Waals surface area contributed by atoms with E-state index < -0.39 is 0 Å². The van der Waals surface area contributed by atoms with Crippen LogP contribution >= 0.6 is 22.9 Å². The fourth-order valence-electron chi connectivity index (χ4n) is 3.66. The predicted molar refractivity (Wildman–Crippen MR) is 109 cm³/mol. The van der Waals surface area contributed by atoms with Crippen LogP contribution in [0.5, 0.6) is 5.88 Å². The van der Waals surface area contributed by atoms with Crippen molar-refractivity contribution in [2.24, 2.45) is 0 Å². The average molecular weight is 406 g/mol. The smallest absolute Gasteiger partial charge is 0.230 e. The molecule has 8 heteroatoms. The van der Waals surface area contributed by atoms with E-state index in [1.54, 1.807) is 4.52 Å². The van der Waals surface area contributed by atoms with Crippen molar-refractivity contribution in [2.75, 3.05) is 32.7 Å². The summed E-state index contributed by atoms with van der Waals surface area (Å²) in [7, 11) is 0. The van der Waals surface area contributed by atoms with Crippen LogP contribution in [0.2, 0.25) is 5.02 Å². The number of aromatic nitrogens is 3. The van der Waals surface area contributed by atoms with E-state index in [0.29, 0.717) is 5.02 Å². The molecule has 1 fully saturated rings. The average Bonchev–Trinajstić information content (AvgIpc) is 3.22. The Morgan fingerprint density at radius 1 is 1.22 bits per heavy atom. The molecule has 1 N–H and O–H groups in total. The summed E-state index contributed by atoms with van der Waals surface area (Å²) in [6.45, 7) is 9.21. The summed E-state index contributed by atoms with van der Waals surface area (Å²) in [6.07, 6.45) is 0.750. The van der Waals surface area contributed by atoms with Crippen LogP contribution in [-0.2, 0) is 6.42 Å². The molecule has 1 saturated heterocycles. The highest BCUT2D eigenvalue weighted by atomic mass is 35.5. The van der Waals surface area contributed by atoms with Gasteiger partial charge in [0.2, 0.25) is 10.8 Å². The monoisotopic (exact) mass is 405 g/mol. The molecule has 2 aromatic heterocycles. The zero-order chi connectivity index (χ0) is 19.0. The lowest BCUT2D eigenvalue weighted by Crippen LogP contribution is -2.47. The number of hydrogen-bond acceptors (Lipinski definition) is 6. The second-order valence-corrected chi connectivity index (χ2v) is 8.24. The fourth-order valence-corrected chi connectivity index (χ4v) is 5.00. The summed E-state index contributed by atoms with van der Waals surface area (Å²) >= 11 is 7.79. The minimum absolute atomic E-state index is 0.0544. The molecular formula is C19H24ClN5OS. The number of aromatic hydroxyl groups is 1. The van der Waals surface area contributed by atoms with E-state index in [0.717, 1.165) is 60.4 Å². The summed E-state index contributed by atoms with van der Waals surface area (Å²) in [5.41, 5.74) is 1.09. The second kappa shape index (κ2) is 7.75. The number of aryl methyl sites for hydroxylation is 1. The number of rotatable bonds is 5. The standard InChI is InChI=1S/C19H24ClN5OS/c1-3-15-21-19-25(22-15)18(26)17(27-19)16(13-6-5-7-14(20)12-13)24-10-8-23(4-2)9-11-24/h5-7,12,16,26H,3-4,8-11H2,1-2H3. The Morgan fingerprint density at radius 3 is 2.63 bits per heavy atom. The molecular weight excluding hydrogens is 382 g/mol. The van der Waals surface area contributed by atoms with Crippen molar-refractivity contribution in [3.8, 4) is 5.88 Å². The van der Waals surface area contributed by atoms with E-state index in [4.69, 9.17) is 11.6 Å². The molecule has 3 heterocycles. The van der Waals surface area contributed by atoms with Gasteiger partial charge in [-0.3, -0.25) is 4.90 Å². The molecule has 4 rings (SSSR count). The first kappa shape index (κ1) is 18.7. The first-order chi connectivity index (χ1) is 13.1. The van der Waals surface area contributed by atoms with Crippen LogP contribution in [0.4, 0.5) is 0 Å². The highest BCUT2D eigenvalue weighted by Crippen LogP contribution is 2.40. The van der Waals surface area contributed by atoms with Crippen LogP contribution in [0.15, 0.2) is 24.3 Å². The molecule has 3 aromatic rings. The SMILES string of the molecule is CCc1nc2sc(C(c3cccc(Cl)c3)N3CCN(CC)CC3)c(O)n2n1. The minimum atomic E-state index is -0.0544. The van der Waals surface area contributed by atoms with E-state index in [1.807, 2.05) is 25.1 Å². The summed E-state index contributed by atoms with van der Waals surface area (Å²) in [5, 5.41) is 16.1. The van der Waals surface area contributed by atoms with Gasteiger partial charge in [0.25, 0.3) is 0 Å². The molecule has 1 unspecified atom stereocenters. The third kappa shape index (κ3) is 3.57. The lowest BCUT2D eigenvalue weighted by Gasteiger charge is -2.38. The number of fused-ring (bicyclic) bond motifs is 1. The van der Waals surface area contributed by atoms with E-state index >= 15 is 0 Å². The van der Waals surface area contributed by atoms with Gasteiger partial charge in [-0.2, -0.15) is 4.52 Å². The zero-order valence-corrected chi connectivity index (χ0v) is 17.2. The Balaban J connectivity index is 1.76. The van der Waals surface area contributed by atoms with Crippen molar-refractivity contribution in [1.82, 2.24) is 24.4 Å². The third-order valence-electron chi connectivity index (χ3n) is 5.19. The first-order valence-corrected chi connectivity index (χ1v) is 10.6. The summed E-state index contributed by atoms with van der Waals surface area (Å²) in [6, 6.07) is 7.87. The number of halogens is 1. The number of likely N-dealkylation sites (N-methyl/N-ethyl adjacent to an activating group) is 1. The minimum Gasteiger partial charge on any atom is -0.492 e. The highest BCUT2D eigenvalue weighted by Gasteiger charge is 2.31. The molecule has 0 saturated carbocycles. The van der Waals surface area contributed by atoms with Crippen molar-refractivity contribution in [3.05, 3.63) is 45.6 Å². The van der Waals surface area contributed by atoms with Gasteiger partial charge in [-0.05, 0) is 24.2 Å². The maximum atomic E-state index is 10.9. The van der Waals surface area contributed by atoms with Crippen molar-refractivity contribution in [3.63, 3.8) is 0 Å². The Kier molecular flexibility index (Phi) is 5.36. The van der Waals surface area contributed by atoms with Gasteiger partial charge >= 0.3 is 0 Å². The Morgan fingerprint density at radius 2 is 2.00 bits per heavy atom. The molecule has 0 aliphatic carbocycles. The van der Waals surface area contributed by atoms with Crippen molar-refractivity contribution < 1.29 is 5.11 Å². The molecule has 1 atom stereocenters. The predicted octanol–water partition coefficient (Wildman–Crippen LogP) is 3.44. The number of hydrogen-bond donors (Lipinski definition) is 1. The second-order valence-electron chi connectivity index (χ2n) is 6.79. The normalized spacial score (nSPS) is 17.6. The van der Waals surface area contributed by atoms with Crippen LogP contribution < -0.4 is 0 Å². The van der Waals surface area contributed by atoms with Gasteiger partial charge in [0.15, 0.2) is 5.82 Å².